The van der Waals surface area contributed by atoms with Crippen molar-refractivity contribution in [2.45, 2.75) is 13.8 Å². The third kappa shape index (κ3) is 5.37. The van der Waals surface area contributed by atoms with Crippen molar-refractivity contribution in [2.75, 3.05) is 42.9 Å². The fourth-order valence-electron chi connectivity index (χ4n) is 3.62. The van der Waals surface area contributed by atoms with Crippen molar-refractivity contribution < 1.29 is 9.59 Å². The van der Waals surface area contributed by atoms with Crippen LogP contribution in [0.1, 0.15) is 22.8 Å². The minimum absolute atomic E-state index is 0.0379. The number of piperazine rings is 1. The molecule has 1 aliphatic heterocycles. The molecule has 1 fully saturated rings. The van der Waals surface area contributed by atoms with E-state index in [1.807, 2.05) is 41.8 Å². The molecule has 0 unspecified atom stereocenters. The highest BCUT2D eigenvalue weighted by Gasteiger charge is 2.20. The maximum atomic E-state index is 12.5. The van der Waals surface area contributed by atoms with Crippen LogP contribution < -0.4 is 10.2 Å². The van der Waals surface area contributed by atoms with Gasteiger partial charge in [0.1, 0.15) is 0 Å². The fraction of sp³-hybridized carbons (Fsp3) is 0.292. The molecule has 31 heavy (non-hydrogen) atoms. The zero-order chi connectivity index (χ0) is 21.8. The Kier molecular flexibility index (Phi) is 6.44. The number of hydrogen-bond donors (Lipinski definition) is 1. The van der Waals surface area contributed by atoms with E-state index in [-0.39, 0.29) is 11.7 Å². The molecule has 0 atom stereocenters. The molecular weight excluding hydrogens is 408 g/mol. The molecule has 1 saturated heterocycles. The number of hydrogen-bond acceptors (Lipinski definition) is 6. The molecule has 6 nitrogen and oxygen atoms in total. The van der Waals surface area contributed by atoms with Gasteiger partial charge in [-0.1, -0.05) is 29.8 Å². The number of aryl methyl sites for hydroxylation is 1. The van der Waals surface area contributed by atoms with Crippen LogP contribution in [0.5, 0.6) is 0 Å². The monoisotopic (exact) mass is 434 g/mol. The summed E-state index contributed by atoms with van der Waals surface area (Å²) in [7, 11) is 0. The summed E-state index contributed by atoms with van der Waals surface area (Å²) in [6.07, 6.45) is 0. The van der Waals surface area contributed by atoms with Crippen molar-refractivity contribution in [3.8, 4) is 11.3 Å². The standard InChI is InChI=1S/C24H26N4O2S/c1-17-3-5-20(6-4-17)22-16-31-24(25-22)26-23(30)15-27-11-13-28(14-12-27)21-9-7-19(8-10-21)18(2)29/h3-10,16H,11-15H2,1-2H3,(H,25,26,30). The van der Waals surface area contributed by atoms with E-state index in [0.29, 0.717) is 11.7 Å². The van der Waals surface area contributed by atoms with Crippen LogP contribution in [0.25, 0.3) is 11.3 Å². The molecule has 160 valence electrons. The highest BCUT2D eigenvalue weighted by molar-refractivity contribution is 7.14. The molecule has 0 saturated carbocycles. The topological polar surface area (TPSA) is 65.5 Å². The van der Waals surface area contributed by atoms with E-state index < -0.39 is 0 Å². The molecule has 1 N–H and O–H groups in total. The van der Waals surface area contributed by atoms with Crippen molar-refractivity contribution in [3.05, 3.63) is 65.0 Å². The smallest absolute Gasteiger partial charge is 0.240 e. The summed E-state index contributed by atoms with van der Waals surface area (Å²) >= 11 is 1.45. The van der Waals surface area contributed by atoms with Gasteiger partial charge in [-0.2, -0.15) is 0 Å². The summed E-state index contributed by atoms with van der Waals surface area (Å²) in [5, 5.41) is 5.53. The van der Waals surface area contributed by atoms with E-state index in [0.717, 1.165) is 48.7 Å². The molecule has 0 bridgehead atoms. The second kappa shape index (κ2) is 9.41. The van der Waals surface area contributed by atoms with Gasteiger partial charge < -0.3 is 10.2 Å². The summed E-state index contributed by atoms with van der Waals surface area (Å²) in [6.45, 7) is 7.32. The van der Waals surface area contributed by atoms with Crippen LogP contribution in [0, 0.1) is 6.92 Å². The molecule has 2 heterocycles. The summed E-state index contributed by atoms with van der Waals surface area (Å²) < 4.78 is 0. The van der Waals surface area contributed by atoms with Crippen LogP contribution in [0.2, 0.25) is 0 Å². The fourth-order valence-corrected chi connectivity index (χ4v) is 4.36. The first-order valence-electron chi connectivity index (χ1n) is 10.4. The molecule has 0 radical (unpaired) electrons. The number of carbonyl (C=O) groups excluding carboxylic acids is 2. The van der Waals surface area contributed by atoms with E-state index >= 15 is 0 Å². The molecule has 1 amide bonds. The molecule has 1 aromatic heterocycles. The van der Waals surface area contributed by atoms with Gasteiger partial charge in [0.2, 0.25) is 5.91 Å². The summed E-state index contributed by atoms with van der Waals surface area (Å²) in [5.74, 6) is 0.0395. The number of anilines is 2. The predicted molar refractivity (Wildman–Crippen MR) is 126 cm³/mol. The van der Waals surface area contributed by atoms with Gasteiger partial charge >= 0.3 is 0 Å². The Morgan fingerprint density at radius 1 is 1.00 bits per heavy atom. The first kappa shape index (κ1) is 21.2. The highest BCUT2D eigenvalue weighted by Crippen LogP contribution is 2.25. The molecule has 1 aliphatic rings. The largest absolute Gasteiger partial charge is 0.369 e. The lowest BCUT2D eigenvalue weighted by Crippen LogP contribution is -2.48. The van der Waals surface area contributed by atoms with Gasteiger partial charge in [-0.25, -0.2) is 4.98 Å². The van der Waals surface area contributed by atoms with Crippen LogP contribution in [0.15, 0.2) is 53.9 Å². The maximum Gasteiger partial charge on any atom is 0.240 e. The summed E-state index contributed by atoms with van der Waals surface area (Å²) in [4.78, 5) is 32.9. The van der Waals surface area contributed by atoms with Crippen molar-refractivity contribution in [2.24, 2.45) is 0 Å². The zero-order valence-electron chi connectivity index (χ0n) is 17.8. The molecule has 7 heteroatoms. The summed E-state index contributed by atoms with van der Waals surface area (Å²) in [5.41, 5.74) is 4.98. The van der Waals surface area contributed by atoms with E-state index in [4.69, 9.17) is 0 Å². The highest BCUT2D eigenvalue weighted by atomic mass is 32.1. The van der Waals surface area contributed by atoms with Crippen LogP contribution in [0.3, 0.4) is 0 Å². The molecular formula is C24H26N4O2S. The number of nitrogens with zero attached hydrogens (tertiary/aromatic N) is 3. The number of ketones is 1. The summed E-state index contributed by atoms with van der Waals surface area (Å²) in [6, 6.07) is 15.9. The first-order chi connectivity index (χ1) is 15.0. The number of amides is 1. The minimum atomic E-state index is -0.0379. The third-order valence-electron chi connectivity index (χ3n) is 5.48. The molecule has 0 spiro atoms. The van der Waals surface area contributed by atoms with Gasteiger partial charge in [0.15, 0.2) is 10.9 Å². The number of nitrogens with one attached hydrogen (secondary N) is 1. The van der Waals surface area contributed by atoms with Gasteiger partial charge in [0.05, 0.1) is 12.2 Å². The van der Waals surface area contributed by atoms with Gasteiger partial charge in [0.25, 0.3) is 0 Å². The number of thiazole rings is 1. The second-order valence-electron chi connectivity index (χ2n) is 7.82. The Morgan fingerprint density at radius 3 is 2.32 bits per heavy atom. The van der Waals surface area contributed by atoms with Crippen molar-refractivity contribution in [1.29, 1.82) is 0 Å². The zero-order valence-corrected chi connectivity index (χ0v) is 18.6. The minimum Gasteiger partial charge on any atom is -0.369 e. The molecule has 3 aromatic rings. The Bertz CT molecular complexity index is 1050. The van der Waals surface area contributed by atoms with Crippen LogP contribution >= 0.6 is 11.3 Å². The predicted octanol–water partition coefficient (Wildman–Crippen LogP) is 4.08. The van der Waals surface area contributed by atoms with Gasteiger partial charge in [-0.3, -0.25) is 14.5 Å². The molecule has 2 aromatic carbocycles. The number of benzene rings is 2. The molecule has 4 rings (SSSR count). The SMILES string of the molecule is CC(=O)c1ccc(N2CCN(CC(=O)Nc3nc(-c4ccc(C)cc4)cs3)CC2)cc1. The van der Waals surface area contributed by atoms with Gasteiger partial charge in [-0.15, -0.1) is 11.3 Å². The first-order valence-corrected chi connectivity index (χ1v) is 11.3. The Labute approximate surface area is 186 Å². The van der Waals surface area contributed by atoms with Crippen molar-refractivity contribution in [1.82, 2.24) is 9.88 Å². The second-order valence-corrected chi connectivity index (χ2v) is 8.68. The number of aromatic nitrogens is 1. The van der Waals surface area contributed by atoms with E-state index in [2.05, 4.69) is 39.2 Å². The van der Waals surface area contributed by atoms with E-state index in [1.54, 1.807) is 6.92 Å². The van der Waals surface area contributed by atoms with E-state index in [9.17, 15) is 9.59 Å². The normalized spacial score (nSPS) is 14.5. The van der Waals surface area contributed by atoms with E-state index in [1.165, 1.54) is 16.9 Å². The lowest BCUT2D eigenvalue weighted by molar-refractivity contribution is -0.117. The van der Waals surface area contributed by atoms with Gasteiger partial charge in [-0.05, 0) is 38.1 Å². The lowest BCUT2D eigenvalue weighted by Gasteiger charge is -2.35. The number of rotatable bonds is 6. The Hall–Kier alpha value is -3.03. The Balaban J connectivity index is 1.26. The number of carbonyl (C=O) groups is 2. The lowest BCUT2D eigenvalue weighted by atomic mass is 10.1. The quantitative estimate of drug-likeness (QED) is 0.592. The van der Waals surface area contributed by atoms with Crippen LogP contribution in [0.4, 0.5) is 10.8 Å². The third-order valence-corrected chi connectivity index (χ3v) is 6.23. The average molecular weight is 435 g/mol. The van der Waals surface area contributed by atoms with Crippen LogP contribution in [-0.4, -0.2) is 54.3 Å². The number of Topliss-reactive ketones (excluding diaryl/α,β-unsaturated/α-hetero) is 1. The Morgan fingerprint density at radius 2 is 1.68 bits per heavy atom. The van der Waals surface area contributed by atoms with Crippen molar-refractivity contribution in [3.63, 3.8) is 0 Å². The maximum absolute atomic E-state index is 12.5. The average Bonchev–Trinajstić information content (AvgIpc) is 3.23. The van der Waals surface area contributed by atoms with Gasteiger partial charge in [0, 0.05) is 48.4 Å². The van der Waals surface area contributed by atoms with Crippen LogP contribution in [-0.2, 0) is 4.79 Å². The molecule has 0 aliphatic carbocycles. The van der Waals surface area contributed by atoms with Crippen molar-refractivity contribution >= 4 is 33.8 Å².